The monoisotopic (exact) mass is 270 g/mol. The van der Waals surface area contributed by atoms with E-state index in [9.17, 15) is 0 Å². The summed E-state index contributed by atoms with van der Waals surface area (Å²) in [5.74, 6) is 6.21. The Labute approximate surface area is 121 Å². The summed E-state index contributed by atoms with van der Waals surface area (Å²) in [5, 5.41) is 0. The van der Waals surface area contributed by atoms with E-state index in [1.54, 1.807) is 0 Å². The molecule has 1 unspecified atom stereocenters. The number of nitrogens with one attached hydrogen (secondary N) is 1. The zero-order chi connectivity index (χ0) is 14.2. The molecule has 0 aromatic heterocycles. The highest BCUT2D eigenvalue weighted by Gasteiger charge is 2.04. The second-order valence-corrected chi connectivity index (χ2v) is 5.99. The van der Waals surface area contributed by atoms with Crippen LogP contribution in [0, 0.1) is 5.92 Å². The van der Waals surface area contributed by atoms with Crippen LogP contribution in [0.25, 0.3) is 0 Å². The molecular weight excluding hydrogens is 232 g/mol. The average molecular weight is 271 g/mol. The van der Waals surface area contributed by atoms with Gasteiger partial charge in [-0.2, -0.15) is 0 Å². The Kier molecular flexibility index (Phi) is 15.9. The third kappa shape index (κ3) is 14.1. The first-order valence-electron chi connectivity index (χ1n) is 8.78. The largest absolute Gasteiger partial charge is 0.271 e. The van der Waals surface area contributed by atoms with Gasteiger partial charge in [0.05, 0.1) is 0 Å². The molecule has 0 fully saturated rings. The highest BCUT2D eigenvalue weighted by atomic mass is 15.2. The van der Waals surface area contributed by atoms with E-state index in [0.29, 0.717) is 0 Å². The van der Waals surface area contributed by atoms with E-state index < -0.39 is 0 Å². The number of unbranched alkanes of at least 4 members (excludes halogenated alkanes) is 9. The topological polar surface area (TPSA) is 38.0 Å². The molecule has 3 N–H and O–H groups in total. The molecule has 0 saturated heterocycles. The highest BCUT2D eigenvalue weighted by Crippen LogP contribution is 2.18. The molecule has 0 aromatic rings. The van der Waals surface area contributed by atoms with Crippen molar-refractivity contribution in [1.82, 2.24) is 5.43 Å². The van der Waals surface area contributed by atoms with Crippen molar-refractivity contribution in [1.29, 1.82) is 0 Å². The Morgan fingerprint density at radius 2 is 1.26 bits per heavy atom. The average Bonchev–Trinajstić information content (AvgIpc) is 2.44. The van der Waals surface area contributed by atoms with Gasteiger partial charge in [0.2, 0.25) is 0 Å². The molecule has 2 heteroatoms. The summed E-state index contributed by atoms with van der Waals surface area (Å²) >= 11 is 0. The summed E-state index contributed by atoms with van der Waals surface area (Å²) in [7, 11) is 0. The maximum absolute atomic E-state index is 5.33. The molecule has 0 aliphatic rings. The first-order valence-corrected chi connectivity index (χ1v) is 8.78. The van der Waals surface area contributed by atoms with Crippen LogP contribution in [-0.4, -0.2) is 6.54 Å². The number of hydrogen-bond donors (Lipinski definition) is 2. The van der Waals surface area contributed by atoms with Crippen LogP contribution in [0.5, 0.6) is 0 Å². The molecule has 0 spiro atoms. The first-order chi connectivity index (χ1) is 9.35. The summed E-state index contributed by atoms with van der Waals surface area (Å²) in [6, 6.07) is 0. The van der Waals surface area contributed by atoms with Gasteiger partial charge in [0.25, 0.3) is 0 Å². The minimum Gasteiger partial charge on any atom is -0.271 e. The van der Waals surface area contributed by atoms with Crippen molar-refractivity contribution in [2.24, 2.45) is 11.8 Å². The lowest BCUT2D eigenvalue weighted by Gasteiger charge is -2.14. The fourth-order valence-electron chi connectivity index (χ4n) is 2.76. The predicted molar refractivity (Wildman–Crippen MR) is 87.0 cm³/mol. The minimum absolute atomic E-state index is 0.880. The third-order valence-corrected chi connectivity index (χ3v) is 4.24. The zero-order valence-corrected chi connectivity index (χ0v) is 13.6. The lowest BCUT2D eigenvalue weighted by atomic mass is 9.95. The standard InChI is InChI=1S/C17H38N2/c1-3-5-6-7-8-9-10-11-12-13-14-17(4-2)15-16-19-18/h17,19H,3-16,18H2,1-2H3. The third-order valence-electron chi connectivity index (χ3n) is 4.24. The Bertz CT molecular complexity index is 159. The Morgan fingerprint density at radius 1 is 0.737 bits per heavy atom. The maximum atomic E-state index is 5.33. The Balaban J connectivity index is 3.16. The normalized spacial score (nSPS) is 12.8. The fraction of sp³-hybridized carbons (Fsp3) is 1.00. The van der Waals surface area contributed by atoms with Crippen LogP contribution in [0.15, 0.2) is 0 Å². The molecule has 0 radical (unpaired) electrons. The fourth-order valence-corrected chi connectivity index (χ4v) is 2.76. The summed E-state index contributed by atoms with van der Waals surface area (Å²) in [4.78, 5) is 0. The quantitative estimate of drug-likeness (QED) is 0.244. The van der Waals surface area contributed by atoms with E-state index in [0.717, 1.165) is 12.5 Å². The van der Waals surface area contributed by atoms with E-state index >= 15 is 0 Å². The highest BCUT2D eigenvalue weighted by molar-refractivity contribution is 4.59. The van der Waals surface area contributed by atoms with Gasteiger partial charge in [0, 0.05) is 6.54 Å². The van der Waals surface area contributed by atoms with Crippen LogP contribution in [0.2, 0.25) is 0 Å². The smallest absolute Gasteiger partial charge is 0.01000 e. The van der Waals surface area contributed by atoms with Crippen LogP contribution < -0.4 is 11.3 Å². The Hall–Kier alpha value is -0.0800. The Morgan fingerprint density at radius 3 is 1.74 bits per heavy atom. The van der Waals surface area contributed by atoms with Gasteiger partial charge in [0.1, 0.15) is 0 Å². The van der Waals surface area contributed by atoms with Gasteiger partial charge < -0.3 is 0 Å². The number of rotatable bonds is 15. The SMILES string of the molecule is CCCCCCCCCCCCC(CC)CCNN. The van der Waals surface area contributed by atoms with Crippen LogP contribution in [-0.2, 0) is 0 Å². The van der Waals surface area contributed by atoms with Crippen LogP contribution in [0.3, 0.4) is 0 Å². The van der Waals surface area contributed by atoms with Crippen LogP contribution in [0.4, 0.5) is 0 Å². The molecule has 0 amide bonds. The summed E-state index contributed by atoms with van der Waals surface area (Å²) in [6.45, 7) is 5.56. The molecule has 0 heterocycles. The van der Waals surface area contributed by atoms with Gasteiger partial charge >= 0.3 is 0 Å². The minimum atomic E-state index is 0.880. The molecule has 0 rings (SSSR count). The summed E-state index contributed by atoms with van der Waals surface area (Å²) in [5.41, 5.74) is 2.77. The maximum Gasteiger partial charge on any atom is 0.01000 e. The number of nitrogens with two attached hydrogens (primary N) is 1. The van der Waals surface area contributed by atoms with Crippen molar-refractivity contribution in [3.63, 3.8) is 0 Å². The molecule has 1 atom stereocenters. The lowest BCUT2D eigenvalue weighted by molar-refractivity contribution is 0.403. The molecule has 116 valence electrons. The summed E-state index contributed by atoms with van der Waals surface area (Å²) in [6.07, 6.45) is 18.3. The van der Waals surface area contributed by atoms with Gasteiger partial charge in [-0.05, 0) is 12.3 Å². The van der Waals surface area contributed by atoms with Gasteiger partial charge in [-0.1, -0.05) is 90.9 Å². The molecular formula is C17H38N2. The summed E-state index contributed by atoms with van der Waals surface area (Å²) < 4.78 is 0. The van der Waals surface area contributed by atoms with Crippen molar-refractivity contribution in [3.05, 3.63) is 0 Å². The van der Waals surface area contributed by atoms with E-state index in [1.807, 2.05) is 0 Å². The van der Waals surface area contributed by atoms with Gasteiger partial charge in [-0.25, -0.2) is 0 Å². The van der Waals surface area contributed by atoms with Crippen molar-refractivity contribution >= 4 is 0 Å². The van der Waals surface area contributed by atoms with Crippen molar-refractivity contribution in [3.8, 4) is 0 Å². The second-order valence-electron chi connectivity index (χ2n) is 5.99. The van der Waals surface area contributed by atoms with Crippen LogP contribution in [0.1, 0.15) is 97.3 Å². The van der Waals surface area contributed by atoms with E-state index in [4.69, 9.17) is 5.84 Å². The van der Waals surface area contributed by atoms with Gasteiger partial charge in [-0.3, -0.25) is 11.3 Å². The number of hydrazine groups is 1. The number of hydrogen-bond acceptors (Lipinski definition) is 2. The van der Waals surface area contributed by atoms with Gasteiger partial charge in [0.15, 0.2) is 0 Å². The van der Waals surface area contributed by atoms with E-state index in [-0.39, 0.29) is 0 Å². The van der Waals surface area contributed by atoms with Crippen LogP contribution >= 0.6 is 0 Å². The van der Waals surface area contributed by atoms with Crippen molar-refractivity contribution in [2.75, 3.05) is 6.54 Å². The molecule has 0 bridgehead atoms. The molecule has 19 heavy (non-hydrogen) atoms. The molecule has 0 aromatic carbocycles. The van der Waals surface area contributed by atoms with E-state index in [2.05, 4.69) is 19.3 Å². The first kappa shape index (κ1) is 18.9. The van der Waals surface area contributed by atoms with Crippen molar-refractivity contribution < 1.29 is 0 Å². The predicted octanol–water partition coefficient (Wildman–Crippen LogP) is 5.18. The lowest BCUT2D eigenvalue weighted by Crippen LogP contribution is -2.24. The van der Waals surface area contributed by atoms with E-state index in [1.165, 1.54) is 83.5 Å². The molecule has 0 saturated carbocycles. The van der Waals surface area contributed by atoms with Crippen molar-refractivity contribution in [2.45, 2.75) is 97.3 Å². The zero-order valence-electron chi connectivity index (χ0n) is 13.6. The molecule has 2 nitrogen and oxygen atoms in total. The second kappa shape index (κ2) is 16.0. The molecule has 0 aliphatic heterocycles. The van der Waals surface area contributed by atoms with Gasteiger partial charge in [-0.15, -0.1) is 0 Å². The molecule has 0 aliphatic carbocycles.